The van der Waals surface area contributed by atoms with Gasteiger partial charge >= 0.3 is 0 Å². The Morgan fingerprint density at radius 1 is 0.882 bits per heavy atom. The third-order valence-corrected chi connectivity index (χ3v) is 7.28. The van der Waals surface area contributed by atoms with Crippen LogP contribution in [0.3, 0.4) is 0 Å². The summed E-state index contributed by atoms with van der Waals surface area (Å²) in [5, 5.41) is 8.20. The van der Waals surface area contributed by atoms with Crippen molar-refractivity contribution < 1.29 is 9.59 Å². The monoisotopic (exact) mass is 545 g/mol. The molecular weight excluding hydrogens is 530 g/mol. The first kappa shape index (κ1) is 22.3. The Balaban J connectivity index is 1.48. The number of nitrogens with zero attached hydrogens (tertiary/aromatic N) is 3. The fourth-order valence-corrected chi connectivity index (χ4v) is 5.34. The third-order valence-electron chi connectivity index (χ3n) is 4.99. The van der Waals surface area contributed by atoms with Crippen LogP contribution in [0.25, 0.3) is 10.2 Å². The normalized spacial score (nSPS) is 11.2. The van der Waals surface area contributed by atoms with Gasteiger partial charge < -0.3 is 0 Å². The van der Waals surface area contributed by atoms with Gasteiger partial charge in [-0.15, -0.1) is 11.3 Å². The van der Waals surface area contributed by atoms with E-state index in [2.05, 4.69) is 26.0 Å². The molecule has 5 aromatic rings. The summed E-state index contributed by atoms with van der Waals surface area (Å²) < 4.78 is 1.88. The van der Waals surface area contributed by atoms with Crippen LogP contribution in [-0.4, -0.2) is 22.9 Å². The molecule has 0 saturated carbocycles. The Kier molecular flexibility index (Phi) is 6.44. The van der Waals surface area contributed by atoms with Crippen LogP contribution in [0.2, 0.25) is 0 Å². The van der Waals surface area contributed by atoms with Gasteiger partial charge in [0, 0.05) is 26.0 Å². The van der Waals surface area contributed by atoms with Gasteiger partial charge in [0.25, 0.3) is 5.91 Å². The minimum atomic E-state index is -0.329. The molecule has 0 aliphatic carbocycles. The molecule has 0 atom stereocenters. The minimum absolute atomic E-state index is 0.0936. The van der Waals surface area contributed by atoms with E-state index in [1.807, 2.05) is 53.9 Å². The highest BCUT2D eigenvalue weighted by molar-refractivity contribution is 9.10. The van der Waals surface area contributed by atoms with Gasteiger partial charge in [-0.1, -0.05) is 75.8 Å². The molecule has 0 fully saturated rings. The molecule has 0 spiro atoms. The van der Waals surface area contributed by atoms with E-state index in [4.69, 9.17) is 0 Å². The second-order valence-corrected chi connectivity index (χ2v) is 10.2. The predicted molar refractivity (Wildman–Crippen MR) is 142 cm³/mol. The quantitative estimate of drug-likeness (QED) is 0.131. The SMILES string of the molecule is O=C(c1ccccc1)c1ccc(C(=O)N(/N=C/c2cccs2)c2nc3ccc(Br)cc3s2)cc1. The number of anilines is 1. The molecule has 0 aliphatic heterocycles. The molecule has 8 heteroatoms. The zero-order valence-electron chi connectivity index (χ0n) is 17.6. The molecule has 0 unspecified atom stereocenters. The Hall–Kier alpha value is -3.46. The summed E-state index contributed by atoms with van der Waals surface area (Å²) >= 11 is 6.39. The molecule has 5 rings (SSSR count). The van der Waals surface area contributed by atoms with Crippen molar-refractivity contribution in [1.29, 1.82) is 0 Å². The molecule has 5 nitrogen and oxygen atoms in total. The molecule has 0 bridgehead atoms. The molecule has 2 aromatic heterocycles. The largest absolute Gasteiger partial charge is 0.289 e. The fraction of sp³-hybridized carbons (Fsp3) is 0. The third kappa shape index (κ3) is 4.75. The van der Waals surface area contributed by atoms with Gasteiger partial charge in [-0.25, -0.2) is 4.98 Å². The Labute approximate surface area is 212 Å². The lowest BCUT2D eigenvalue weighted by molar-refractivity contribution is 0.0985. The number of fused-ring (bicyclic) bond motifs is 1. The number of thiophene rings is 1. The fourth-order valence-electron chi connectivity index (χ4n) is 3.29. The minimum Gasteiger partial charge on any atom is -0.289 e. The number of halogens is 1. The van der Waals surface area contributed by atoms with E-state index < -0.39 is 0 Å². The smallest absolute Gasteiger partial charge is 0.280 e. The molecule has 34 heavy (non-hydrogen) atoms. The van der Waals surface area contributed by atoms with Crippen LogP contribution in [0, 0.1) is 0 Å². The number of carbonyl (C=O) groups is 2. The summed E-state index contributed by atoms with van der Waals surface area (Å²) in [6.07, 6.45) is 1.65. The van der Waals surface area contributed by atoms with Gasteiger partial charge in [0.05, 0.1) is 16.4 Å². The van der Waals surface area contributed by atoms with Crippen molar-refractivity contribution in [2.75, 3.05) is 5.01 Å². The van der Waals surface area contributed by atoms with Crippen molar-refractivity contribution in [3.8, 4) is 0 Å². The average molecular weight is 546 g/mol. The van der Waals surface area contributed by atoms with Crippen molar-refractivity contribution in [2.24, 2.45) is 5.10 Å². The van der Waals surface area contributed by atoms with Crippen LogP contribution < -0.4 is 5.01 Å². The lowest BCUT2D eigenvalue weighted by Gasteiger charge is -2.14. The molecule has 0 saturated heterocycles. The van der Waals surface area contributed by atoms with Crippen LogP contribution in [0.1, 0.15) is 31.2 Å². The Morgan fingerprint density at radius 3 is 2.35 bits per heavy atom. The first-order chi connectivity index (χ1) is 16.6. The molecule has 3 aromatic carbocycles. The van der Waals surface area contributed by atoms with Gasteiger partial charge in [-0.05, 0) is 41.8 Å². The van der Waals surface area contributed by atoms with E-state index in [1.54, 1.807) is 42.6 Å². The average Bonchev–Trinajstić information content (AvgIpc) is 3.54. The van der Waals surface area contributed by atoms with Crippen LogP contribution >= 0.6 is 38.6 Å². The number of benzene rings is 3. The highest BCUT2D eigenvalue weighted by atomic mass is 79.9. The zero-order valence-corrected chi connectivity index (χ0v) is 20.8. The number of hydrogen-bond acceptors (Lipinski definition) is 6. The van der Waals surface area contributed by atoms with Crippen molar-refractivity contribution in [3.05, 3.63) is 116 Å². The number of thiazole rings is 1. The summed E-state index contributed by atoms with van der Waals surface area (Å²) in [7, 11) is 0. The van der Waals surface area contributed by atoms with Crippen LogP contribution in [0.5, 0.6) is 0 Å². The summed E-state index contributed by atoms with van der Waals surface area (Å²) in [5.74, 6) is -0.423. The lowest BCUT2D eigenvalue weighted by atomic mass is 10.0. The Morgan fingerprint density at radius 2 is 1.62 bits per heavy atom. The highest BCUT2D eigenvalue weighted by Gasteiger charge is 2.22. The number of hydrazone groups is 1. The topological polar surface area (TPSA) is 62.6 Å². The van der Waals surface area contributed by atoms with E-state index in [0.29, 0.717) is 21.8 Å². The maximum Gasteiger partial charge on any atom is 0.280 e. The van der Waals surface area contributed by atoms with Gasteiger partial charge in [-0.3, -0.25) is 9.59 Å². The van der Waals surface area contributed by atoms with E-state index in [0.717, 1.165) is 19.6 Å². The van der Waals surface area contributed by atoms with Crippen molar-refractivity contribution >= 4 is 71.9 Å². The molecule has 0 N–H and O–H groups in total. The van der Waals surface area contributed by atoms with E-state index in [-0.39, 0.29) is 11.7 Å². The molecule has 0 aliphatic rings. The van der Waals surface area contributed by atoms with Gasteiger partial charge in [0.2, 0.25) is 5.13 Å². The summed E-state index contributed by atoms with van der Waals surface area (Å²) in [6, 6.07) is 25.3. The number of amides is 1. The number of hydrogen-bond donors (Lipinski definition) is 0. The van der Waals surface area contributed by atoms with Crippen molar-refractivity contribution in [1.82, 2.24) is 4.98 Å². The first-order valence-corrected chi connectivity index (χ1v) is 12.8. The number of rotatable bonds is 6. The number of carbonyl (C=O) groups excluding carboxylic acids is 2. The summed E-state index contributed by atoms with van der Waals surface area (Å²) in [5.41, 5.74) is 2.31. The Bertz CT molecular complexity index is 1490. The van der Waals surface area contributed by atoms with Crippen molar-refractivity contribution in [2.45, 2.75) is 0 Å². The summed E-state index contributed by atoms with van der Waals surface area (Å²) in [6.45, 7) is 0. The van der Waals surface area contributed by atoms with Gasteiger partial charge in [0.1, 0.15) is 0 Å². The number of ketones is 1. The standard InChI is InChI=1S/C26H16BrN3O2S2/c27-20-12-13-22-23(15-20)34-26(29-22)30(28-16-21-7-4-14-33-21)25(32)19-10-8-18(9-11-19)24(31)17-5-2-1-3-6-17/h1-16H/b28-16+. The number of aromatic nitrogens is 1. The van der Waals surface area contributed by atoms with Gasteiger partial charge in [-0.2, -0.15) is 10.1 Å². The second kappa shape index (κ2) is 9.80. The van der Waals surface area contributed by atoms with Crippen LogP contribution in [0.15, 0.2) is 99.9 Å². The molecule has 0 radical (unpaired) electrons. The predicted octanol–water partition coefficient (Wildman–Crippen LogP) is 7.03. The van der Waals surface area contributed by atoms with Gasteiger partial charge in [0.15, 0.2) is 5.78 Å². The summed E-state index contributed by atoms with van der Waals surface area (Å²) in [4.78, 5) is 31.7. The maximum absolute atomic E-state index is 13.5. The molecule has 166 valence electrons. The van der Waals surface area contributed by atoms with Crippen molar-refractivity contribution in [3.63, 3.8) is 0 Å². The van der Waals surface area contributed by atoms with Crippen LogP contribution in [-0.2, 0) is 0 Å². The zero-order chi connectivity index (χ0) is 23.5. The van der Waals surface area contributed by atoms with E-state index >= 15 is 0 Å². The van der Waals surface area contributed by atoms with Crippen LogP contribution in [0.4, 0.5) is 5.13 Å². The molecular formula is C26H16BrN3O2S2. The van der Waals surface area contributed by atoms with E-state index in [9.17, 15) is 9.59 Å². The van der Waals surface area contributed by atoms with E-state index in [1.165, 1.54) is 27.7 Å². The molecule has 2 heterocycles. The maximum atomic E-state index is 13.5. The first-order valence-electron chi connectivity index (χ1n) is 10.3. The lowest BCUT2D eigenvalue weighted by Crippen LogP contribution is -2.25. The highest BCUT2D eigenvalue weighted by Crippen LogP contribution is 2.32. The second-order valence-electron chi connectivity index (χ2n) is 7.26. The molecule has 1 amide bonds.